The number of hydrogen-bond acceptors (Lipinski definition) is 6. The fourth-order valence-corrected chi connectivity index (χ4v) is 3.76. The summed E-state index contributed by atoms with van der Waals surface area (Å²) in [5.41, 5.74) is 1.98. The van der Waals surface area contributed by atoms with Gasteiger partial charge >= 0.3 is 0 Å². The zero-order valence-electron chi connectivity index (χ0n) is 16.7. The molecule has 1 N–H and O–H groups in total. The third kappa shape index (κ3) is 5.41. The fraction of sp³-hybridized carbons (Fsp3) is 0.250. The lowest BCUT2D eigenvalue weighted by Crippen LogP contribution is -2.33. The zero-order chi connectivity index (χ0) is 21.7. The molecule has 3 aromatic rings. The number of rotatable bonds is 7. The molecule has 1 atom stereocenters. The highest BCUT2D eigenvalue weighted by Crippen LogP contribution is 2.25. The van der Waals surface area contributed by atoms with Crippen LogP contribution in [0.1, 0.15) is 19.4 Å². The molecular formula is C20H21FN6O2S. The average Bonchev–Trinajstić information content (AvgIpc) is 3.15. The Bertz CT molecular complexity index is 1060. The summed E-state index contributed by atoms with van der Waals surface area (Å²) in [5.74, 6) is -0.652. The van der Waals surface area contributed by atoms with E-state index in [0.29, 0.717) is 28.6 Å². The van der Waals surface area contributed by atoms with Crippen LogP contribution in [0.3, 0.4) is 0 Å². The van der Waals surface area contributed by atoms with E-state index in [2.05, 4.69) is 20.8 Å². The number of benzene rings is 2. The highest BCUT2D eigenvalue weighted by molar-refractivity contribution is 8.00. The van der Waals surface area contributed by atoms with Crippen molar-refractivity contribution in [3.05, 3.63) is 59.9 Å². The topological polar surface area (TPSA) is 93.0 Å². The second-order valence-corrected chi connectivity index (χ2v) is 8.00. The smallest absolute Gasteiger partial charge is 0.235 e. The fourth-order valence-electron chi connectivity index (χ4n) is 2.84. The summed E-state index contributed by atoms with van der Waals surface area (Å²) in [6.45, 7) is 3.49. The SMILES string of the molecule is CC(=O)Nc1cccc(-n2nnnc2SC(C)C(=O)N(C)Cc2cccc(F)c2)c1. The Morgan fingerprint density at radius 3 is 2.73 bits per heavy atom. The van der Waals surface area contributed by atoms with Crippen molar-refractivity contribution in [3.8, 4) is 5.69 Å². The molecule has 10 heteroatoms. The summed E-state index contributed by atoms with van der Waals surface area (Å²) in [6.07, 6.45) is 0. The maximum atomic E-state index is 13.4. The molecule has 0 aliphatic rings. The number of aromatic nitrogens is 4. The molecule has 8 nitrogen and oxygen atoms in total. The quantitative estimate of drug-likeness (QED) is 0.582. The van der Waals surface area contributed by atoms with E-state index in [9.17, 15) is 14.0 Å². The first-order chi connectivity index (χ1) is 14.3. The second-order valence-electron chi connectivity index (χ2n) is 6.69. The molecular weight excluding hydrogens is 407 g/mol. The van der Waals surface area contributed by atoms with Crippen molar-refractivity contribution in [3.63, 3.8) is 0 Å². The number of tetrazole rings is 1. The maximum Gasteiger partial charge on any atom is 0.235 e. The van der Waals surface area contributed by atoms with Crippen LogP contribution in [-0.2, 0) is 16.1 Å². The first-order valence-corrected chi connectivity index (χ1v) is 10.0. The molecule has 1 aromatic heterocycles. The molecule has 0 radical (unpaired) electrons. The molecule has 2 aromatic carbocycles. The van der Waals surface area contributed by atoms with E-state index < -0.39 is 5.25 Å². The molecule has 0 saturated heterocycles. The van der Waals surface area contributed by atoms with E-state index in [-0.39, 0.29) is 17.6 Å². The van der Waals surface area contributed by atoms with E-state index >= 15 is 0 Å². The number of carbonyl (C=O) groups is 2. The monoisotopic (exact) mass is 428 g/mol. The molecule has 0 fully saturated rings. The first kappa shape index (κ1) is 21.4. The summed E-state index contributed by atoms with van der Waals surface area (Å²) in [5, 5.41) is 14.4. The van der Waals surface area contributed by atoms with Gasteiger partial charge in [0.2, 0.25) is 17.0 Å². The van der Waals surface area contributed by atoms with Gasteiger partial charge in [-0.2, -0.15) is 4.68 Å². The number of thioether (sulfide) groups is 1. The van der Waals surface area contributed by atoms with Crippen LogP contribution in [0.5, 0.6) is 0 Å². The van der Waals surface area contributed by atoms with Gasteiger partial charge in [0.25, 0.3) is 0 Å². The van der Waals surface area contributed by atoms with Gasteiger partial charge in [-0.3, -0.25) is 9.59 Å². The van der Waals surface area contributed by atoms with Crippen LogP contribution in [-0.4, -0.2) is 49.2 Å². The predicted molar refractivity (Wildman–Crippen MR) is 112 cm³/mol. The number of amides is 2. The molecule has 1 heterocycles. The van der Waals surface area contributed by atoms with Gasteiger partial charge in [0.1, 0.15) is 5.82 Å². The van der Waals surface area contributed by atoms with Crippen molar-refractivity contribution in [1.82, 2.24) is 25.1 Å². The molecule has 156 valence electrons. The summed E-state index contributed by atoms with van der Waals surface area (Å²) >= 11 is 1.22. The minimum absolute atomic E-state index is 0.134. The molecule has 2 amide bonds. The normalized spacial score (nSPS) is 11.7. The van der Waals surface area contributed by atoms with Crippen LogP contribution < -0.4 is 5.32 Å². The van der Waals surface area contributed by atoms with E-state index in [1.54, 1.807) is 50.4 Å². The third-order valence-corrected chi connectivity index (χ3v) is 5.19. The number of nitrogens with one attached hydrogen (secondary N) is 1. The molecule has 30 heavy (non-hydrogen) atoms. The van der Waals surface area contributed by atoms with Crippen molar-refractivity contribution < 1.29 is 14.0 Å². The minimum atomic E-state index is -0.466. The number of anilines is 1. The van der Waals surface area contributed by atoms with Crippen molar-refractivity contribution in [2.24, 2.45) is 0 Å². The van der Waals surface area contributed by atoms with Crippen LogP contribution in [0.25, 0.3) is 5.69 Å². The Hall–Kier alpha value is -3.27. The van der Waals surface area contributed by atoms with Crippen LogP contribution >= 0.6 is 11.8 Å². The van der Waals surface area contributed by atoms with Gasteiger partial charge in [-0.15, -0.1) is 5.10 Å². The molecule has 0 spiro atoms. The van der Waals surface area contributed by atoms with Gasteiger partial charge in [-0.1, -0.05) is 30.0 Å². The molecule has 0 saturated carbocycles. The van der Waals surface area contributed by atoms with Gasteiger partial charge < -0.3 is 10.2 Å². The van der Waals surface area contributed by atoms with Crippen molar-refractivity contribution in [2.45, 2.75) is 30.8 Å². The lowest BCUT2D eigenvalue weighted by molar-refractivity contribution is -0.129. The Kier molecular flexibility index (Phi) is 6.78. The Morgan fingerprint density at radius 1 is 1.23 bits per heavy atom. The summed E-state index contributed by atoms with van der Waals surface area (Å²) < 4.78 is 14.9. The Morgan fingerprint density at radius 2 is 2.00 bits per heavy atom. The minimum Gasteiger partial charge on any atom is -0.340 e. The van der Waals surface area contributed by atoms with Crippen molar-refractivity contribution in [1.29, 1.82) is 0 Å². The second kappa shape index (κ2) is 9.49. The van der Waals surface area contributed by atoms with Gasteiger partial charge in [0, 0.05) is 26.2 Å². The summed E-state index contributed by atoms with van der Waals surface area (Å²) in [4.78, 5) is 25.6. The van der Waals surface area contributed by atoms with Gasteiger partial charge in [-0.25, -0.2) is 4.39 Å². The number of hydrogen-bond donors (Lipinski definition) is 1. The highest BCUT2D eigenvalue weighted by Gasteiger charge is 2.22. The lowest BCUT2D eigenvalue weighted by Gasteiger charge is -2.21. The summed E-state index contributed by atoms with van der Waals surface area (Å²) in [6, 6.07) is 13.2. The zero-order valence-corrected chi connectivity index (χ0v) is 17.6. The summed E-state index contributed by atoms with van der Waals surface area (Å²) in [7, 11) is 1.67. The standard InChI is InChI=1S/C20H21FN6O2S/c1-13(19(29)26(3)12-15-6-4-7-16(21)10-15)30-20-23-24-25-27(20)18-9-5-8-17(11-18)22-14(2)28/h4-11,13H,12H2,1-3H3,(H,22,28). The van der Waals surface area contributed by atoms with E-state index in [4.69, 9.17) is 0 Å². The average molecular weight is 428 g/mol. The number of halogens is 1. The van der Waals surface area contributed by atoms with Crippen LogP contribution in [0.15, 0.2) is 53.7 Å². The van der Waals surface area contributed by atoms with Crippen LogP contribution in [0.2, 0.25) is 0 Å². The van der Waals surface area contributed by atoms with Crippen molar-refractivity contribution in [2.75, 3.05) is 12.4 Å². The molecule has 0 aliphatic carbocycles. The van der Waals surface area contributed by atoms with Gasteiger partial charge in [0.15, 0.2) is 0 Å². The number of nitrogens with zero attached hydrogens (tertiary/aromatic N) is 5. The van der Waals surface area contributed by atoms with E-state index in [1.165, 1.54) is 40.4 Å². The highest BCUT2D eigenvalue weighted by atomic mass is 32.2. The van der Waals surface area contributed by atoms with E-state index in [1.807, 2.05) is 0 Å². The lowest BCUT2D eigenvalue weighted by atomic mass is 10.2. The Balaban J connectivity index is 1.70. The first-order valence-electron chi connectivity index (χ1n) is 9.16. The molecule has 0 aliphatic heterocycles. The van der Waals surface area contributed by atoms with Gasteiger partial charge in [-0.05, 0) is 53.2 Å². The van der Waals surface area contributed by atoms with Crippen LogP contribution in [0.4, 0.5) is 10.1 Å². The molecule has 1 unspecified atom stereocenters. The van der Waals surface area contributed by atoms with Gasteiger partial charge in [0.05, 0.1) is 10.9 Å². The predicted octanol–water partition coefficient (Wildman–Crippen LogP) is 2.90. The maximum absolute atomic E-state index is 13.4. The number of carbonyl (C=O) groups excluding carboxylic acids is 2. The Labute approximate surface area is 177 Å². The molecule has 3 rings (SSSR count). The van der Waals surface area contributed by atoms with Crippen molar-refractivity contribution >= 4 is 29.3 Å². The van der Waals surface area contributed by atoms with Crippen LogP contribution in [0, 0.1) is 5.82 Å². The largest absolute Gasteiger partial charge is 0.340 e. The van der Waals surface area contributed by atoms with E-state index in [0.717, 1.165) is 0 Å². The third-order valence-electron chi connectivity index (χ3n) is 4.17. The molecule has 0 bridgehead atoms.